The van der Waals surface area contributed by atoms with E-state index in [2.05, 4.69) is 24.1 Å². The van der Waals surface area contributed by atoms with Gasteiger partial charge in [0, 0.05) is 37.8 Å². The molecule has 0 saturated carbocycles. The molecule has 1 heterocycles. The Morgan fingerprint density at radius 2 is 1.86 bits per heavy atom. The summed E-state index contributed by atoms with van der Waals surface area (Å²) in [5.41, 5.74) is 0.0960. The van der Waals surface area contributed by atoms with Gasteiger partial charge in [0.15, 0.2) is 0 Å². The third kappa shape index (κ3) is 4.16. The molecule has 0 aliphatic heterocycles. The lowest BCUT2D eigenvalue weighted by molar-refractivity contribution is 0.302. The highest BCUT2D eigenvalue weighted by molar-refractivity contribution is 5.81. The van der Waals surface area contributed by atoms with Crippen LogP contribution in [0.15, 0.2) is 41.3 Å². The average Bonchev–Trinajstić information content (AvgIpc) is 2.53. The Labute approximate surface area is 126 Å². The van der Waals surface area contributed by atoms with Crippen molar-refractivity contribution in [3.05, 3.63) is 46.9 Å². The number of nitrogens with one attached hydrogen (secondary N) is 1. The summed E-state index contributed by atoms with van der Waals surface area (Å²) >= 11 is 0. The van der Waals surface area contributed by atoms with Crippen molar-refractivity contribution in [2.24, 2.45) is 0 Å². The standard InChI is InChI=1S/C17H25N3O/c1-3-19(4-2)13-10-18-11-14-20-12-9-15-7-5-6-8-16(15)17(20)21/h5-9,12,18H,3-4,10-11,13-14H2,1-2H3. The van der Waals surface area contributed by atoms with Gasteiger partial charge < -0.3 is 14.8 Å². The summed E-state index contributed by atoms with van der Waals surface area (Å²) in [6, 6.07) is 9.75. The van der Waals surface area contributed by atoms with Crippen LogP contribution in [0.1, 0.15) is 13.8 Å². The Balaban J connectivity index is 1.87. The highest BCUT2D eigenvalue weighted by Crippen LogP contribution is 2.07. The van der Waals surface area contributed by atoms with Crippen LogP contribution < -0.4 is 10.9 Å². The van der Waals surface area contributed by atoms with Gasteiger partial charge in [-0.05, 0) is 30.6 Å². The first-order chi connectivity index (χ1) is 10.3. The molecule has 1 N–H and O–H groups in total. The molecular formula is C17H25N3O. The van der Waals surface area contributed by atoms with E-state index in [1.54, 1.807) is 4.57 Å². The number of hydrogen-bond donors (Lipinski definition) is 1. The van der Waals surface area contributed by atoms with Crippen LogP contribution in [0.4, 0.5) is 0 Å². The number of rotatable bonds is 8. The normalized spacial score (nSPS) is 11.4. The highest BCUT2D eigenvalue weighted by atomic mass is 16.1. The fourth-order valence-electron chi connectivity index (χ4n) is 2.51. The minimum Gasteiger partial charge on any atom is -0.314 e. The maximum absolute atomic E-state index is 12.3. The van der Waals surface area contributed by atoms with Gasteiger partial charge in [-0.2, -0.15) is 0 Å². The van der Waals surface area contributed by atoms with E-state index in [1.165, 1.54) is 0 Å². The lowest BCUT2D eigenvalue weighted by atomic mass is 10.2. The van der Waals surface area contributed by atoms with E-state index in [0.717, 1.165) is 43.5 Å². The van der Waals surface area contributed by atoms with Gasteiger partial charge >= 0.3 is 0 Å². The summed E-state index contributed by atoms with van der Waals surface area (Å²) in [5, 5.41) is 5.21. The molecule has 2 aromatic rings. The third-order valence-electron chi connectivity index (χ3n) is 3.91. The Kier molecular flexibility index (Phi) is 5.96. The summed E-state index contributed by atoms with van der Waals surface area (Å²) in [4.78, 5) is 14.7. The molecule has 4 nitrogen and oxygen atoms in total. The molecule has 1 aromatic carbocycles. The van der Waals surface area contributed by atoms with Crippen molar-refractivity contribution < 1.29 is 0 Å². The molecule has 21 heavy (non-hydrogen) atoms. The monoisotopic (exact) mass is 287 g/mol. The van der Waals surface area contributed by atoms with Crippen LogP contribution in [0.3, 0.4) is 0 Å². The minimum atomic E-state index is 0.0960. The van der Waals surface area contributed by atoms with Crippen LogP contribution in [0, 0.1) is 0 Å². The molecule has 0 fully saturated rings. The van der Waals surface area contributed by atoms with Crippen LogP contribution in [0.25, 0.3) is 10.8 Å². The molecule has 0 aliphatic carbocycles. The molecule has 0 unspecified atom stereocenters. The van der Waals surface area contributed by atoms with Gasteiger partial charge in [0.05, 0.1) is 0 Å². The molecule has 0 spiro atoms. The van der Waals surface area contributed by atoms with Gasteiger partial charge in [0.25, 0.3) is 5.56 Å². The van der Waals surface area contributed by atoms with E-state index < -0.39 is 0 Å². The van der Waals surface area contributed by atoms with E-state index in [1.807, 2.05) is 36.5 Å². The van der Waals surface area contributed by atoms with Crippen molar-refractivity contribution in [1.29, 1.82) is 0 Å². The molecule has 0 amide bonds. The number of hydrogen-bond acceptors (Lipinski definition) is 3. The summed E-state index contributed by atoms with van der Waals surface area (Å²) < 4.78 is 1.78. The van der Waals surface area contributed by atoms with Gasteiger partial charge in [0.2, 0.25) is 0 Å². The maximum atomic E-state index is 12.3. The van der Waals surface area contributed by atoms with Gasteiger partial charge in [-0.1, -0.05) is 32.0 Å². The predicted octanol–water partition coefficient (Wildman–Crippen LogP) is 1.93. The molecular weight excluding hydrogens is 262 g/mol. The van der Waals surface area contributed by atoms with E-state index in [4.69, 9.17) is 0 Å². The molecule has 2 rings (SSSR count). The second kappa shape index (κ2) is 7.96. The Bertz CT molecular complexity index is 617. The van der Waals surface area contributed by atoms with Gasteiger partial charge in [-0.15, -0.1) is 0 Å². The lowest BCUT2D eigenvalue weighted by Gasteiger charge is -2.18. The second-order valence-electron chi connectivity index (χ2n) is 5.18. The van der Waals surface area contributed by atoms with E-state index in [-0.39, 0.29) is 5.56 Å². The van der Waals surface area contributed by atoms with Gasteiger partial charge in [-0.25, -0.2) is 0 Å². The molecule has 0 saturated heterocycles. The number of aromatic nitrogens is 1. The van der Waals surface area contributed by atoms with Crippen LogP contribution in [0.2, 0.25) is 0 Å². The lowest BCUT2D eigenvalue weighted by Crippen LogP contribution is -2.34. The van der Waals surface area contributed by atoms with Crippen molar-refractivity contribution >= 4 is 10.8 Å². The second-order valence-corrected chi connectivity index (χ2v) is 5.18. The first-order valence-corrected chi connectivity index (χ1v) is 7.77. The Hall–Kier alpha value is -1.65. The molecule has 0 atom stereocenters. The SMILES string of the molecule is CCN(CC)CCNCCn1ccc2ccccc2c1=O. The van der Waals surface area contributed by atoms with Crippen molar-refractivity contribution in [3.8, 4) is 0 Å². The molecule has 4 heteroatoms. The van der Waals surface area contributed by atoms with Crippen LogP contribution in [0.5, 0.6) is 0 Å². The number of benzene rings is 1. The fraction of sp³-hybridized carbons (Fsp3) is 0.471. The Morgan fingerprint density at radius 1 is 1.10 bits per heavy atom. The number of likely N-dealkylation sites (N-methyl/N-ethyl adjacent to an activating group) is 1. The zero-order valence-corrected chi connectivity index (χ0v) is 13.0. The maximum Gasteiger partial charge on any atom is 0.258 e. The van der Waals surface area contributed by atoms with Gasteiger partial charge in [0.1, 0.15) is 0 Å². The van der Waals surface area contributed by atoms with Crippen molar-refractivity contribution in [1.82, 2.24) is 14.8 Å². The smallest absolute Gasteiger partial charge is 0.258 e. The van der Waals surface area contributed by atoms with Crippen molar-refractivity contribution in [3.63, 3.8) is 0 Å². The fourth-order valence-corrected chi connectivity index (χ4v) is 2.51. The van der Waals surface area contributed by atoms with Crippen molar-refractivity contribution in [2.45, 2.75) is 20.4 Å². The van der Waals surface area contributed by atoms with E-state index >= 15 is 0 Å². The number of pyridine rings is 1. The molecule has 0 bridgehead atoms. The predicted molar refractivity (Wildman–Crippen MR) is 88.9 cm³/mol. The highest BCUT2D eigenvalue weighted by Gasteiger charge is 2.02. The first kappa shape index (κ1) is 15.7. The van der Waals surface area contributed by atoms with Crippen LogP contribution in [-0.4, -0.2) is 42.2 Å². The average molecular weight is 287 g/mol. The summed E-state index contributed by atoms with van der Waals surface area (Å²) in [7, 11) is 0. The van der Waals surface area contributed by atoms with Gasteiger partial charge in [-0.3, -0.25) is 4.79 Å². The third-order valence-corrected chi connectivity index (χ3v) is 3.91. The summed E-state index contributed by atoms with van der Waals surface area (Å²) in [6.07, 6.45) is 1.89. The quantitative estimate of drug-likeness (QED) is 0.754. The minimum absolute atomic E-state index is 0.0960. The summed E-state index contributed by atoms with van der Waals surface area (Å²) in [6.45, 7) is 10.1. The number of fused-ring (bicyclic) bond motifs is 1. The molecule has 1 aromatic heterocycles. The van der Waals surface area contributed by atoms with Crippen molar-refractivity contribution in [2.75, 3.05) is 32.7 Å². The Morgan fingerprint density at radius 3 is 2.62 bits per heavy atom. The molecule has 0 radical (unpaired) electrons. The largest absolute Gasteiger partial charge is 0.314 e. The molecule has 0 aliphatic rings. The zero-order valence-electron chi connectivity index (χ0n) is 13.0. The van der Waals surface area contributed by atoms with Crippen LogP contribution in [-0.2, 0) is 6.54 Å². The topological polar surface area (TPSA) is 37.3 Å². The summed E-state index contributed by atoms with van der Waals surface area (Å²) in [5.74, 6) is 0. The van der Waals surface area contributed by atoms with Crippen LogP contribution >= 0.6 is 0 Å². The van der Waals surface area contributed by atoms with E-state index in [0.29, 0.717) is 6.54 Å². The zero-order chi connectivity index (χ0) is 15.1. The molecule has 114 valence electrons. The first-order valence-electron chi connectivity index (χ1n) is 7.77. The van der Waals surface area contributed by atoms with E-state index in [9.17, 15) is 4.79 Å². The number of nitrogens with zero attached hydrogens (tertiary/aromatic N) is 2.